The Bertz CT molecular complexity index is 435. The fraction of sp³-hybridized carbons (Fsp3) is 0.783. The topological polar surface area (TPSA) is 12.4 Å². The van der Waals surface area contributed by atoms with Crippen LogP contribution in [0, 0.1) is 0 Å². The molecule has 0 atom stereocenters. The Morgan fingerprint density at radius 3 is 1.62 bits per heavy atom. The maximum Gasteiger partial charge on any atom is 0.0746 e. The summed E-state index contributed by atoms with van der Waals surface area (Å²) < 4.78 is 0. The van der Waals surface area contributed by atoms with E-state index in [0.717, 1.165) is 13.0 Å². The molecule has 0 fully saturated rings. The Morgan fingerprint density at radius 1 is 0.692 bits per heavy atom. The molecule has 0 aliphatic carbocycles. The first-order valence-electron chi connectivity index (χ1n) is 10.9. The molecule has 0 bridgehead atoms. The lowest BCUT2D eigenvalue weighted by Crippen LogP contribution is -2.26. The molecule has 26 heavy (non-hydrogen) atoms. The van der Waals surface area contributed by atoms with Crippen LogP contribution in [-0.4, -0.2) is 28.9 Å². The smallest absolute Gasteiger partial charge is 0.0746 e. The van der Waals surface area contributed by atoms with E-state index < -0.39 is 16.1 Å². The summed E-state index contributed by atoms with van der Waals surface area (Å²) in [7, 11) is -2.29. The number of hydrogen-bond donors (Lipinski definition) is 0. The molecule has 0 rings (SSSR count). The van der Waals surface area contributed by atoms with E-state index in [2.05, 4.69) is 64.4 Å². The fourth-order valence-corrected chi connectivity index (χ4v) is 5.70. The minimum absolute atomic E-state index is 1.02. The second-order valence-electron chi connectivity index (χ2n) is 9.53. The molecule has 0 aliphatic rings. The highest BCUT2D eigenvalue weighted by Gasteiger charge is 2.20. The predicted molar refractivity (Wildman–Crippen MR) is 129 cm³/mol. The molecule has 0 aromatic carbocycles. The molecule has 0 aromatic rings. The third-order valence-electron chi connectivity index (χ3n) is 6.18. The Morgan fingerprint density at radius 2 is 1.12 bits per heavy atom. The van der Waals surface area contributed by atoms with Crippen molar-refractivity contribution in [1.82, 2.24) is 0 Å². The van der Waals surface area contributed by atoms with Gasteiger partial charge < -0.3 is 0 Å². The molecule has 0 aliphatic heterocycles. The minimum Gasteiger partial charge on any atom is -0.298 e. The molecule has 1 nitrogen and oxygen atoms in total. The minimum atomic E-state index is -1.18. The van der Waals surface area contributed by atoms with Crippen molar-refractivity contribution in [3.05, 3.63) is 23.6 Å². The summed E-state index contributed by atoms with van der Waals surface area (Å²) in [5.41, 5.74) is 0. The molecule has 3 heteroatoms. The summed E-state index contributed by atoms with van der Waals surface area (Å²) in [5, 5.41) is 2.87. The molecule has 0 saturated carbocycles. The van der Waals surface area contributed by atoms with Gasteiger partial charge >= 0.3 is 0 Å². The largest absolute Gasteiger partial charge is 0.298 e. The van der Waals surface area contributed by atoms with Gasteiger partial charge in [0, 0.05) is 6.54 Å². The molecule has 0 saturated heterocycles. The van der Waals surface area contributed by atoms with Gasteiger partial charge in [0.2, 0.25) is 0 Å². The highest BCUT2D eigenvalue weighted by atomic mass is 28.3. The normalized spacial score (nSPS) is 12.7. The van der Waals surface area contributed by atoms with Gasteiger partial charge in [-0.2, -0.15) is 0 Å². The summed E-state index contributed by atoms with van der Waals surface area (Å²) in [4.78, 5) is 4.59. The van der Waals surface area contributed by atoms with Crippen molar-refractivity contribution in [3.8, 4) is 0 Å². The predicted octanol–water partition coefficient (Wildman–Crippen LogP) is 8.22. The Labute approximate surface area is 167 Å². The highest BCUT2D eigenvalue weighted by molar-refractivity contribution is 6.84. The quantitative estimate of drug-likeness (QED) is 0.142. The molecule has 152 valence electrons. The van der Waals surface area contributed by atoms with Gasteiger partial charge in [0.1, 0.15) is 0 Å². The monoisotopic (exact) mass is 393 g/mol. The van der Waals surface area contributed by atoms with Gasteiger partial charge in [0.15, 0.2) is 0 Å². The number of rotatable bonds is 16. The van der Waals surface area contributed by atoms with Gasteiger partial charge in [0.05, 0.1) is 16.1 Å². The summed E-state index contributed by atoms with van der Waals surface area (Å²) >= 11 is 0. The first-order valence-corrected chi connectivity index (χ1v) is 17.3. The molecule has 0 unspecified atom stereocenters. The van der Waals surface area contributed by atoms with Crippen LogP contribution in [0.25, 0.3) is 0 Å². The van der Waals surface area contributed by atoms with Crippen molar-refractivity contribution in [2.45, 2.75) is 110 Å². The lowest BCUT2D eigenvalue weighted by atomic mass is 10.1. The average molecular weight is 394 g/mol. The first kappa shape index (κ1) is 25.6. The van der Waals surface area contributed by atoms with Crippen LogP contribution in [0.15, 0.2) is 28.5 Å². The van der Waals surface area contributed by atoms with Crippen LogP contribution in [0.4, 0.5) is 0 Å². The molecular formula is C23H47NSi2. The zero-order valence-electron chi connectivity index (χ0n) is 18.9. The highest BCUT2D eigenvalue weighted by Crippen LogP contribution is 2.22. The van der Waals surface area contributed by atoms with Crippen molar-refractivity contribution in [1.29, 1.82) is 0 Å². The third kappa shape index (κ3) is 12.9. The van der Waals surface area contributed by atoms with Crippen molar-refractivity contribution in [2.75, 3.05) is 6.54 Å². The van der Waals surface area contributed by atoms with E-state index in [1.807, 2.05) is 0 Å². The van der Waals surface area contributed by atoms with E-state index in [-0.39, 0.29) is 0 Å². The molecule has 0 amide bonds. The molecule has 0 spiro atoms. The van der Waals surface area contributed by atoms with Crippen molar-refractivity contribution >= 4 is 22.4 Å². The lowest BCUT2D eigenvalue weighted by molar-refractivity contribution is 0.577. The number of allylic oxidation sites excluding steroid dienone is 2. The van der Waals surface area contributed by atoms with Crippen LogP contribution in [0.3, 0.4) is 0 Å². The Kier molecular flexibility index (Phi) is 13.5. The summed E-state index contributed by atoms with van der Waals surface area (Å²) in [6, 6.07) is 2.71. The van der Waals surface area contributed by atoms with E-state index in [9.17, 15) is 0 Å². The van der Waals surface area contributed by atoms with Gasteiger partial charge in [-0.05, 0) is 38.9 Å². The maximum atomic E-state index is 4.59. The molecular weight excluding hydrogens is 346 g/mol. The van der Waals surface area contributed by atoms with Gasteiger partial charge in [-0.3, -0.25) is 4.99 Å². The van der Waals surface area contributed by atoms with Crippen molar-refractivity contribution in [2.24, 2.45) is 4.99 Å². The summed E-state index contributed by atoms with van der Waals surface area (Å²) in [6.07, 6.45) is 14.4. The average Bonchev–Trinajstić information content (AvgIpc) is 2.54. The molecule has 0 aromatic heterocycles. The zero-order chi connectivity index (χ0) is 20.1. The third-order valence-corrected chi connectivity index (χ3v) is 13.9. The van der Waals surface area contributed by atoms with Gasteiger partial charge in [-0.15, -0.1) is 13.2 Å². The second kappa shape index (κ2) is 13.7. The SMILES string of the molecule is C=C(C)[Si](C)(C)CCC=NCCCCCCCCCC[Si](C)(C)C(=C)C. The number of unbranched alkanes of at least 4 members (excludes halogenated alkanes) is 7. The van der Waals surface area contributed by atoms with E-state index in [1.165, 1.54) is 73.8 Å². The van der Waals surface area contributed by atoms with Crippen molar-refractivity contribution in [3.63, 3.8) is 0 Å². The lowest BCUT2D eigenvalue weighted by Gasteiger charge is -2.22. The van der Waals surface area contributed by atoms with Crippen LogP contribution in [-0.2, 0) is 0 Å². The van der Waals surface area contributed by atoms with Crippen LogP contribution < -0.4 is 0 Å². The first-order chi connectivity index (χ1) is 12.1. The zero-order valence-corrected chi connectivity index (χ0v) is 20.9. The van der Waals surface area contributed by atoms with Gasteiger partial charge in [-0.1, -0.05) is 87.6 Å². The van der Waals surface area contributed by atoms with Crippen molar-refractivity contribution < 1.29 is 0 Å². The van der Waals surface area contributed by atoms with Crippen LogP contribution in [0.5, 0.6) is 0 Å². The molecule has 0 heterocycles. The summed E-state index contributed by atoms with van der Waals surface area (Å²) in [6.45, 7) is 23.5. The number of aliphatic imine (C=N–C) groups is 1. The van der Waals surface area contributed by atoms with Crippen LogP contribution in [0.2, 0.25) is 38.3 Å². The van der Waals surface area contributed by atoms with E-state index in [0.29, 0.717) is 0 Å². The Balaban J connectivity index is 3.43. The van der Waals surface area contributed by atoms with Gasteiger partial charge in [-0.25, -0.2) is 0 Å². The van der Waals surface area contributed by atoms with Gasteiger partial charge in [0.25, 0.3) is 0 Å². The Hall–Kier alpha value is -0.416. The van der Waals surface area contributed by atoms with E-state index >= 15 is 0 Å². The van der Waals surface area contributed by atoms with Crippen LogP contribution in [0.1, 0.15) is 71.6 Å². The standard InChI is InChI=1S/C23H47NSi2/c1-22(2)25(5,6)20-16-14-12-10-9-11-13-15-18-24-19-17-21-26(7,8)23(3)4/h19H,1,3,9-18,20-21H2,2,4-8H3. The van der Waals surface area contributed by atoms with E-state index in [1.54, 1.807) is 0 Å². The second-order valence-corrected chi connectivity index (χ2v) is 19.8. The van der Waals surface area contributed by atoms with E-state index in [4.69, 9.17) is 0 Å². The number of nitrogens with zero attached hydrogens (tertiary/aromatic N) is 1. The fourth-order valence-electron chi connectivity index (χ4n) is 2.87. The maximum absolute atomic E-state index is 4.59. The molecule has 0 N–H and O–H groups in total. The summed E-state index contributed by atoms with van der Waals surface area (Å²) in [5.74, 6) is 0. The number of hydrogen-bond acceptors (Lipinski definition) is 1. The van der Waals surface area contributed by atoms with Crippen LogP contribution >= 0.6 is 0 Å². The molecule has 0 radical (unpaired) electrons.